The molecule has 0 radical (unpaired) electrons. The summed E-state index contributed by atoms with van der Waals surface area (Å²) in [5, 5.41) is 9.11. The number of carbonyl (C=O) groups excluding carboxylic acids is 6. The summed E-state index contributed by atoms with van der Waals surface area (Å²) in [5.74, 6) is 1.61. The lowest BCUT2D eigenvalue weighted by atomic mass is 9.76. The Morgan fingerprint density at radius 2 is 1.20 bits per heavy atom. The van der Waals surface area contributed by atoms with Gasteiger partial charge in [-0.15, -0.1) is 0 Å². The van der Waals surface area contributed by atoms with Gasteiger partial charge in [-0.2, -0.15) is 23.5 Å². The molecule has 1 saturated carbocycles. The van der Waals surface area contributed by atoms with Crippen LogP contribution < -0.4 is 16.0 Å². The molecule has 3 N–H and O–H groups in total. The Kier molecular flexibility index (Phi) is 45.4. The van der Waals surface area contributed by atoms with Gasteiger partial charge in [0.15, 0.2) is 5.52 Å². The van der Waals surface area contributed by atoms with Crippen LogP contribution in [0.4, 0.5) is 0 Å². The zero-order chi connectivity index (χ0) is 42.6. The van der Waals surface area contributed by atoms with Crippen LogP contribution in [0.25, 0.3) is 0 Å². The molecule has 0 aromatic heterocycles. The van der Waals surface area contributed by atoms with Gasteiger partial charge in [0.2, 0.25) is 11.8 Å². The fourth-order valence-electron chi connectivity index (χ4n) is 5.50. The summed E-state index contributed by atoms with van der Waals surface area (Å²) in [4.78, 5) is 73.8. The molecule has 9 nitrogen and oxygen atoms in total. The highest BCUT2D eigenvalue weighted by molar-refractivity contribution is 8.76. The molecule has 0 bridgehead atoms. The number of rotatable bonds is 26. The van der Waals surface area contributed by atoms with E-state index in [1.807, 2.05) is 13.8 Å². The van der Waals surface area contributed by atoms with Crippen molar-refractivity contribution >= 4 is 132 Å². The maximum atomic E-state index is 13.2. The van der Waals surface area contributed by atoms with E-state index in [1.165, 1.54) is 23.5 Å². The van der Waals surface area contributed by atoms with Crippen LogP contribution in [0.2, 0.25) is 0 Å². The summed E-state index contributed by atoms with van der Waals surface area (Å²) in [6.45, 7) is 7.62. The van der Waals surface area contributed by atoms with Gasteiger partial charge in [-0.25, -0.2) is 0 Å². The van der Waals surface area contributed by atoms with Gasteiger partial charge in [0.25, 0.3) is 0 Å². The molecule has 324 valence electrons. The lowest BCUT2D eigenvalue weighted by molar-refractivity contribution is -0.128. The number of likely N-dealkylation sites (N-methyl/N-ethyl adjacent to an activating group) is 1. The minimum Gasteiger partial charge on any atom is -0.356 e. The van der Waals surface area contributed by atoms with Gasteiger partial charge in [0.1, 0.15) is 17.3 Å². The molecule has 18 heteroatoms. The second-order valence-corrected chi connectivity index (χ2v) is 23.4. The van der Waals surface area contributed by atoms with Gasteiger partial charge in [-0.3, -0.25) is 28.8 Å². The SMILES string of the molecule is CC[C@@H](CSCC(=O)CC1CC(NC(=O)CSC[C@H](CC)C(C)=O)CC(C(=O)NCCCC[C@H](NC)C(=O)P)C1)C(C)=O.CSSC.CSSC.CSSC. The predicted molar refractivity (Wildman–Crippen MR) is 261 cm³/mol. The van der Waals surface area contributed by atoms with Crippen LogP contribution in [0, 0.1) is 23.7 Å². The summed E-state index contributed by atoms with van der Waals surface area (Å²) < 4.78 is 0. The van der Waals surface area contributed by atoms with Crippen LogP contribution in [-0.4, -0.2) is 121 Å². The summed E-state index contributed by atoms with van der Waals surface area (Å²) in [7, 11) is 14.6. The summed E-state index contributed by atoms with van der Waals surface area (Å²) in [6, 6.07) is -0.409. The fraction of sp³-hybridized carbons (Fsp3) is 0.838. The number of Topliss-reactive ketones (excluding diaryl/α,β-unsaturated/α-hetero) is 3. The van der Waals surface area contributed by atoms with Crippen molar-refractivity contribution in [2.75, 3.05) is 74.1 Å². The number of ketones is 3. The van der Waals surface area contributed by atoms with E-state index in [0.29, 0.717) is 55.9 Å². The van der Waals surface area contributed by atoms with Gasteiger partial charge in [0, 0.05) is 48.3 Å². The molecule has 2 amide bonds. The first-order valence-corrected chi connectivity index (χ1v) is 30.4. The highest BCUT2D eigenvalue weighted by Crippen LogP contribution is 2.33. The highest BCUT2D eigenvalue weighted by Gasteiger charge is 2.34. The largest absolute Gasteiger partial charge is 0.356 e. The first kappa shape index (κ1) is 60.1. The summed E-state index contributed by atoms with van der Waals surface area (Å²) in [6.07, 6.45) is 18.2. The Bertz CT molecular complexity index is 987. The van der Waals surface area contributed by atoms with Crippen LogP contribution in [-0.2, 0) is 28.8 Å². The van der Waals surface area contributed by atoms with E-state index in [1.54, 1.807) is 85.7 Å². The van der Waals surface area contributed by atoms with E-state index < -0.39 is 0 Å². The number of amides is 2. The van der Waals surface area contributed by atoms with E-state index in [2.05, 4.69) is 62.7 Å². The van der Waals surface area contributed by atoms with E-state index in [4.69, 9.17) is 0 Å². The maximum Gasteiger partial charge on any atom is 0.230 e. The van der Waals surface area contributed by atoms with Crippen LogP contribution >= 0.6 is 97.5 Å². The van der Waals surface area contributed by atoms with Crippen LogP contribution in [0.15, 0.2) is 0 Å². The molecular formula is C37H72N3O6PS8. The molecule has 0 aliphatic heterocycles. The quantitative estimate of drug-likeness (QED) is 0.0433. The summed E-state index contributed by atoms with van der Waals surface area (Å²) in [5.41, 5.74) is 0.0206. The monoisotopic (exact) mass is 941 g/mol. The molecule has 55 heavy (non-hydrogen) atoms. The number of unbranched alkanes of at least 4 members (excludes halogenated alkanes) is 1. The first-order valence-electron chi connectivity index (χ1n) is 18.6. The van der Waals surface area contributed by atoms with Crippen LogP contribution in [0.5, 0.6) is 0 Å². The fourth-order valence-corrected chi connectivity index (χ4v) is 8.19. The smallest absolute Gasteiger partial charge is 0.230 e. The van der Waals surface area contributed by atoms with Gasteiger partial charge >= 0.3 is 0 Å². The van der Waals surface area contributed by atoms with Crippen LogP contribution in [0.3, 0.4) is 0 Å². The van der Waals surface area contributed by atoms with E-state index >= 15 is 0 Å². The molecule has 1 fully saturated rings. The molecule has 0 aromatic carbocycles. The van der Waals surface area contributed by atoms with Crippen molar-refractivity contribution in [1.82, 2.24) is 16.0 Å². The zero-order valence-corrected chi connectivity index (χ0v) is 42.8. The number of carbonyl (C=O) groups is 6. The molecule has 1 aliphatic carbocycles. The molecule has 1 aliphatic rings. The second-order valence-electron chi connectivity index (χ2n) is 12.8. The van der Waals surface area contributed by atoms with Crippen molar-refractivity contribution in [2.45, 2.75) is 97.6 Å². The van der Waals surface area contributed by atoms with E-state index in [9.17, 15) is 28.8 Å². The predicted octanol–water partition coefficient (Wildman–Crippen LogP) is 8.70. The minimum atomic E-state index is -0.305. The molecule has 0 spiro atoms. The van der Waals surface area contributed by atoms with Crippen molar-refractivity contribution in [3.05, 3.63) is 0 Å². The Balaban J connectivity index is -0.00000196. The van der Waals surface area contributed by atoms with Gasteiger partial charge in [0.05, 0.1) is 17.5 Å². The average Bonchev–Trinajstić information content (AvgIpc) is 3.16. The molecule has 4 unspecified atom stereocenters. The molecule has 0 aromatic rings. The summed E-state index contributed by atoms with van der Waals surface area (Å²) >= 11 is 2.94. The van der Waals surface area contributed by atoms with Gasteiger partial charge in [-0.1, -0.05) is 87.9 Å². The number of hydrogen-bond donors (Lipinski definition) is 3. The standard InChI is InChI=1S/C31H54N3O6PS2.3C2H6S2/c1-6-23(20(3)35)16-42-18-27(37)14-22-12-25(30(39)33-11-9-8-10-28(32-5)31(40)41)15-26(13-22)34-29(38)19-43-17-24(7-2)21(4)36;3*1-3-4-2/h22-26,28,32H,6-19,41H2,1-5H3,(H,33,39)(H,34,38);3*1-2H3/t22?,23-,24-,25?,26?,28-;;;/m0.../s1. The first-order chi connectivity index (χ1) is 26.2. The van der Waals surface area contributed by atoms with Crippen molar-refractivity contribution < 1.29 is 28.8 Å². The third-order valence-electron chi connectivity index (χ3n) is 8.74. The Hall–Kier alpha value is 0.810. The Morgan fingerprint density at radius 1 is 0.709 bits per heavy atom. The van der Waals surface area contributed by atoms with E-state index in [0.717, 1.165) is 25.7 Å². The number of hydrogen-bond acceptors (Lipinski definition) is 15. The normalized spacial score (nSPS) is 17.6. The molecular weight excluding hydrogens is 870 g/mol. The molecule has 1 rings (SSSR count). The molecule has 0 heterocycles. The lowest BCUT2D eigenvalue weighted by Crippen LogP contribution is -2.46. The molecule has 7 atom stereocenters. The average molecular weight is 943 g/mol. The maximum absolute atomic E-state index is 13.2. The number of nitrogens with one attached hydrogen (secondary N) is 3. The minimum absolute atomic E-state index is 0.0167. The highest BCUT2D eigenvalue weighted by atomic mass is 33.1. The third-order valence-corrected chi connectivity index (χ3v) is 15.4. The number of thioether (sulfide) groups is 2. The van der Waals surface area contributed by atoms with Gasteiger partial charge < -0.3 is 16.0 Å². The van der Waals surface area contributed by atoms with Crippen molar-refractivity contribution in [1.29, 1.82) is 0 Å². The van der Waals surface area contributed by atoms with Crippen LogP contribution in [0.1, 0.15) is 85.5 Å². The van der Waals surface area contributed by atoms with Crippen molar-refractivity contribution in [3.63, 3.8) is 0 Å². The van der Waals surface area contributed by atoms with Gasteiger partial charge in [-0.05, 0) is 116 Å². The zero-order valence-electron chi connectivity index (χ0n) is 35.2. The molecule has 0 saturated heterocycles. The third kappa shape index (κ3) is 35.3. The van der Waals surface area contributed by atoms with Crippen molar-refractivity contribution in [3.8, 4) is 0 Å². The van der Waals surface area contributed by atoms with Crippen molar-refractivity contribution in [2.24, 2.45) is 23.7 Å². The van der Waals surface area contributed by atoms with E-state index in [-0.39, 0.29) is 76.2 Å². The second kappa shape index (κ2) is 41.5. The lowest BCUT2D eigenvalue weighted by Gasteiger charge is -2.34. The Morgan fingerprint density at radius 3 is 1.62 bits per heavy atom. The Labute approximate surface area is 369 Å². The topological polar surface area (TPSA) is 139 Å².